The van der Waals surface area contributed by atoms with E-state index >= 15 is 0 Å². The molecular weight excluding hydrogens is 278 g/mol. The molecule has 0 aliphatic heterocycles. The van der Waals surface area contributed by atoms with Gasteiger partial charge >= 0.3 is 0 Å². The summed E-state index contributed by atoms with van der Waals surface area (Å²) in [5, 5.41) is 9.14. The first-order chi connectivity index (χ1) is 9.70. The highest BCUT2D eigenvalue weighted by Gasteiger charge is 2.18. The van der Waals surface area contributed by atoms with Gasteiger partial charge < -0.3 is 9.32 Å². The van der Waals surface area contributed by atoms with Gasteiger partial charge in [-0.1, -0.05) is 11.6 Å². The maximum atomic E-state index is 12.4. The standard InChI is InChI=1S/C14H12ClN3O2/c15-11-4-6-17-13(9-11)14(19)18(7-2-5-16)10-12-3-1-8-20-12/h1,3-4,6,8-9H,2,7,10H2. The second-order valence-electron chi connectivity index (χ2n) is 4.07. The molecule has 0 N–H and O–H groups in total. The van der Waals surface area contributed by atoms with E-state index in [4.69, 9.17) is 21.3 Å². The molecule has 0 spiro atoms. The second kappa shape index (κ2) is 6.73. The van der Waals surface area contributed by atoms with E-state index in [9.17, 15) is 4.79 Å². The lowest BCUT2D eigenvalue weighted by molar-refractivity contribution is 0.0729. The highest BCUT2D eigenvalue weighted by Crippen LogP contribution is 2.13. The summed E-state index contributed by atoms with van der Waals surface area (Å²) in [6, 6.07) is 8.66. The minimum Gasteiger partial charge on any atom is -0.467 e. The first kappa shape index (κ1) is 14.1. The highest BCUT2D eigenvalue weighted by atomic mass is 35.5. The molecule has 0 aliphatic rings. The maximum absolute atomic E-state index is 12.4. The van der Waals surface area contributed by atoms with E-state index in [1.165, 1.54) is 17.2 Å². The predicted molar refractivity (Wildman–Crippen MR) is 72.9 cm³/mol. The monoisotopic (exact) mass is 289 g/mol. The van der Waals surface area contributed by atoms with Gasteiger partial charge in [0.2, 0.25) is 0 Å². The summed E-state index contributed by atoms with van der Waals surface area (Å²) in [6.45, 7) is 0.603. The van der Waals surface area contributed by atoms with Gasteiger partial charge in [0, 0.05) is 17.8 Å². The molecule has 0 aliphatic carbocycles. The van der Waals surface area contributed by atoms with Gasteiger partial charge in [-0.3, -0.25) is 9.78 Å². The van der Waals surface area contributed by atoms with Crippen molar-refractivity contribution in [2.75, 3.05) is 6.54 Å². The molecule has 0 bridgehead atoms. The molecule has 0 saturated carbocycles. The van der Waals surface area contributed by atoms with E-state index in [1.807, 2.05) is 6.07 Å². The summed E-state index contributed by atoms with van der Waals surface area (Å²) in [7, 11) is 0. The smallest absolute Gasteiger partial charge is 0.272 e. The molecule has 2 rings (SSSR count). The summed E-state index contributed by atoms with van der Waals surface area (Å²) in [5.74, 6) is 0.373. The van der Waals surface area contributed by atoms with Gasteiger partial charge in [-0.25, -0.2) is 0 Å². The Morgan fingerprint density at radius 1 is 1.50 bits per heavy atom. The first-order valence-electron chi connectivity index (χ1n) is 6.01. The molecule has 0 saturated heterocycles. The molecule has 2 heterocycles. The van der Waals surface area contributed by atoms with Crippen molar-refractivity contribution < 1.29 is 9.21 Å². The molecular formula is C14H12ClN3O2. The Bertz CT molecular complexity index is 620. The number of aromatic nitrogens is 1. The number of furan rings is 1. The fraction of sp³-hybridized carbons (Fsp3) is 0.214. The molecule has 0 aromatic carbocycles. The average molecular weight is 290 g/mol. The summed E-state index contributed by atoms with van der Waals surface area (Å²) in [5.41, 5.74) is 0.252. The fourth-order valence-corrected chi connectivity index (χ4v) is 1.87. The lowest BCUT2D eigenvalue weighted by Gasteiger charge is -2.20. The molecule has 0 fully saturated rings. The Morgan fingerprint density at radius 2 is 2.35 bits per heavy atom. The topological polar surface area (TPSA) is 70.1 Å². The fourth-order valence-electron chi connectivity index (χ4n) is 1.71. The van der Waals surface area contributed by atoms with Crippen LogP contribution in [0.5, 0.6) is 0 Å². The zero-order chi connectivity index (χ0) is 14.4. The lowest BCUT2D eigenvalue weighted by atomic mass is 10.2. The number of carbonyl (C=O) groups excluding carboxylic acids is 1. The SMILES string of the molecule is N#CCCN(Cc1ccco1)C(=O)c1cc(Cl)ccn1. The van der Waals surface area contributed by atoms with Crippen LogP contribution in [0.3, 0.4) is 0 Å². The summed E-state index contributed by atoms with van der Waals surface area (Å²) in [4.78, 5) is 17.9. The van der Waals surface area contributed by atoms with E-state index in [1.54, 1.807) is 24.5 Å². The molecule has 1 amide bonds. The molecule has 102 valence electrons. The zero-order valence-electron chi connectivity index (χ0n) is 10.6. The molecule has 2 aromatic rings. The minimum absolute atomic E-state index is 0.243. The van der Waals surface area contributed by atoms with Crippen molar-refractivity contribution in [3.05, 3.63) is 53.2 Å². The van der Waals surface area contributed by atoms with Gasteiger partial charge in [-0.2, -0.15) is 5.26 Å². The number of hydrogen-bond acceptors (Lipinski definition) is 4. The van der Waals surface area contributed by atoms with Crippen LogP contribution in [-0.2, 0) is 6.54 Å². The molecule has 5 nitrogen and oxygen atoms in total. The number of rotatable bonds is 5. The van der Waals surface area contributed by atoms with Gasteiger partial charge in [0.25, 0.3) is 5.91 Å². The summed E-state index contributed by atoms with van der Waals surface area (Å²) >= 11 is 5.86. The van der Waals surface area contributed by atoms with Gasteiger partial charge in [0.05, 0.1) is 25.3 Å². The van der Waals surface area contributed by atoms with Gasteiger partial charge in [0.15, 0.2) is 0 Å². The number of nitriles is 1. The molecule has 0 atom stereocenters. The van der Waals surface area contributed by atoms with Crippen LogP contribution in [0.4, 0.5) is 0 Å². The third-order valence-electron chi connectivity index (χ3n) is 2.65. The number of pyridine rings is 1. The third kappa shape index (κ3) is 3.59. The number of hydrogen-bond donors (Lipinski definition) is 0. The van der Waals surface area contributed by atoms with Crippen molar-refractivity contribution in [1.82, 2.24) is 9.88 Å². The average Bonchev–Trinajstić information content (AvgIpc) is 2.95. The van der Waals surface area contributed by atoms with Crippen LogP contribution in [0, 0.1) is 11.3 Å². The van der Waals surface area contributed by atoms with Crippen LogP contribution >= 0.6 is 11.6 Å². The van der Waals surface area contributed by atoms with Crippen molar-refractivity contribution in [1.29, 1.82) is 5.26 Å². The van der Waals surface area contributed by atoms with E-state index < -0.39 is 0 Å². The highest BCUT2D eigenvalue weighted by molar-refractivity contribution is 6.30. The van der Waals surface area contributed by atoms with Crippen molar-refractivity contribution >= 4 is 17.5 Å². The van der Waals surface area contributed by atoms with Crippen LogP contribution in [0.25, 0.3) is 0 Å². The molecule has 0 radical (unpaired) electrons. The number of nitrogens with zero attached hydrogens (tertiary/aromatic N) is 3. The van der Waals surface area contributed by atoms with Gasteiger partial charge in [-0.15, -0.1) is 0 Å². The largest absolute Gasteiger partial charge is 0.467 e. The van der Waals surface area contributed by atoms with E-state index in [0.717, 1.165) is 0 Å². The minimum atomic E-state index is -0.279. The Morgan fingerprint density at radius 3 is 3.00 bits per heavy atom. The third-order valence-corrected chi connectivity index (χ3v) is 2.88. The van der Waals surface area contributed by atoms with Gasteiger partial charge in [0.1, 0.15) is 11.5 Å². The van der Waals surface area contributed by atoms with Crippen molar-refractivity contribution in [2.24, 2.45) is 0 Å². The normalized spacial score (nSPS) is 10.0. The zero-order valence-corrected chi connectivity index (χ0v) is 11.4. The second-order valence-corrected chi connectivity index (χ2v) is 4.51. The molecule has 0 unspecified atom stereocenters. The Hall–Kier alpha value is -2.32. The van der Waals surface area contributed by atoms with Crippen LogP contribution in [0.15, 0.2) is 41.1 Å². The summed E-state index contributed by atoms with van der Waals surface area (Å²) in [6.07, 6.45) is 3.26. The number of amides is 1. The van der Waals surface area contributed by atoms with Crippen LogP contribution in [0.1, 0.15) is 22.7 Å². The van der Waals surface area contributed by atoms with Crippen molar-refractivity contribution in [3.8, 4) is 6.07 Å². The van der Waals surface area contributed by atoms with Gasteiger partial charge in [-0.05, 0) is 24.3 Å². The van der Waals surface area contributed by atoms with E-state index in [-0.39, 0.29) is 18.0 Å². The molecule has 20 heavy (non-hydrogen) atoms. The Labute approximate surface area is 121 Å². The quantitative estimate of drug-likeness (QED) is 0.848. The Kier molecular flexibility index (Phi) is 4.75. The number of carbonyl (C=O) groups is 1. The van der Waals surface area contributed by atoms with E-state index in [0.29, 0.717) is 23.9 Å². The molecule has 6 heteroatoms. The van der Waals surface area contributed by atoms with E-state index in [2.05, 4.69) is 4.98 Å². The lowest BCUT2D eigenvalue weighted by Crippen LogP contribution is -2.31. The first-order valence-corrected chi connectivity index (χ1v) is 6.38. The molecule has 2 aromatic heterocycles. The van der Waals surface area contributed by atoms with Crippen LogP contribution in [-0.4, -0.2) is 22.3 Å². The number of halogens is 1. The predicted octanol–water partition coefficient (Wildman–Crippen LogP) is 2.88. The Balaban J connectivity index is 2.17. The van der Waals surface area contributed by atoms with Crippen molar-refractivity contribution in [2.45, 2.75) is 13.0 Å². The summed E-state index contributed by atoms with van der Waals surface area (Å²) < 4.78 is 5.23. The maximum Gasteiger partial charge on any atom is 0.272 e. The van der Waals surface area contributed by atoms with Crippen molar-refractivity contribution in [3.63, 3.8) is 0 Å². The van der Waals surface area contributed by atoms with Crippen LogP contribution in [0.2, 0.25) is 5.02 Å². The van der Waals surface area contributed by atoms with Crippen LogP contribution < -0.4 is 0 Å².